The summed E-state index contributed by atoms with van der Waals surface area (Å²) < 4.78 is 5.18. The summed E-state index contributed by atoms with van der Waals surface area (Å²) in [5.74, 6) is 2.40. The largest absolute Gasteiger partial charge is 0.497 e. The fraction of sp³-hybridized carbons (Fsp3) is 0.474. The summed E-state index contributed by atoms with van der Waals surface area (Å²) in [6, 6.07) is 9.66. The summed E-state index contributed by atoms with van der Waals surface area (Å²) in [6.45, 7) is 1.83. The first-order valence-corrected chi connectivity index (χ1v) is 8.98. The van der Waals surface area contributed by atoms with Crippen LogP contribution in [0.3, 0.4) is 0 Å². The van der Waals surface area contributed by atoms with Crippen molar-refractivity contribution in [3.05, 3.63) is 41.6 Å². The Morgan fingerprint density at radius 3 is 2.76 bits per heavy atom. The zero-order valence-corrected chi connectivity index (χ0v) is 14.5. The molecule has 4 rings (SSSR count). The van der Waals surface area contributed by atoms with Crippen molar-refractivity contribution < 1.29 is 9.53 Å². The summed E-state index contributed by atoms with van der Waals surface area (Å²) in [4.78, 5) is 14.7. The number of benzene rings is 1. The molecule has 132 valence electrons. The molecule has 0 spiro atoms. The predicted octanol–water partition coefficient (Wildman–Crippen LogP) is 2.69. The molecule has 6 heteroatoms. The van der Waals surface area contributed by atoms with E-state index in [1.807, 2.05) is 18.2 Å². The Morgan fingerprint density at radius 1 is 1.24 bits per heavy atom. The average molecular weight is 340 g/mol. The highest BCUT2D eigenvalue weighted by Crippen LogP contribution is 2.40. The number of ether oxygens (including phenoxy) is 1. The summed E-state index contributed by atoms with van der Waals surface area (Å²) in [5, 5.41) is 10.8. The van der Waals surface area contributed by atoms with Crippen LogP contribution < -0.4 is 15.0 Å². The molecule has 1 aromatic heterocycles. The quantitative estimate of drug-likeness (QED) is 0.878. The van der Waals surface area contributed by atoms with Crippen molar-refractivity contribution in [2.75, 3.05) is 25.1 Å². The Kier molecular flexibility index (Phi) is 4.34. The number of anilines is 1. The third-order valence-corrected chi connectivity index (χ3v) is 5.09. The number of piperidine rings is 1. The minimum atomic E-state index is -0.0341. The first-order valence-electron chi connectivity index (χ1n) is 8.98. The van der Waals surface area contributed by atoms with Crippen LogP contribution in [-0.2, 0) is 0 Å². The van der Waals surface area contributed by atoms with E-state index >= 15 is 0 Å². The highest BCUT2D eigenvalue weighted by atomic mass is 16.5. The van der Waals surface area contributed by atoms with Gasteiger partial charge in [0.2, 0.25) is 0 Å². The third-order valence-electron chi connectivity index (χ3n) is 5.09. The van der Waals surface area contributed by atoms with Gasteiger partial charge in [0.1, 0.15) is 5.75 Å². The number of nitrogens with one attached hydrogen (secondary N) is 2. The van der Waals surface area contributed by atoms with Crippen LogP contribution in [0.5, 0.6) is 5.75 Å². The topological polar surface area (TPSA) is 70.2 Å². The van der Waals surface area contributed by atoms with E-state index in [0.717, 1.165) is 31.7 Å². The van der Waals surface area contributed by atoms with Gasteiger partial charge in [-0.25, -0.2) is 0 Å². The number of hydrogen-bond acceptors (Lipinski definition) is 4. The standard InChI is InChI=1S/C19H24N4O2/c1-25-16-4-2-3-14(11-16)19(24)20-15-7-9-23(10-8-15)18-12-17(21-22-18)13-5-6-13/h2-4,11-13,15H,5-10H2,1H3,(H,20,24)(H,21,22). The van der Waals surface area contributed by atoms with Gasteiger partial charge in [0.25, 0.3) is 5.91 Å². The fourth-order valence-electron chi connectivity index (χ4n) is 3.38. The van der Waals surface area contributed by atoms with Gasteiger partial charge in [0.05, 0.1) is 7.11 Å². The molecule has 25 heavy (non-hydrogen) atoms. The monoisotopic (exact) mass is 340 g/mol. The average Bonchev–Trinajstić information content (AvgIpc) is 3.39. The maximum Gasteiger partial charge on any atom is 0.251 e. The Balaban J connectivity index is 1.31. The second-order valence-electron chi connectivity index (χ2n) is 6.92. The molecule has 1 saturated carbocycles. The molecule has 2 aliphatic rings. The molecule has 1 saturated heterocycles. The van der Waals surface area contributed by atoms with E-state index in [2.05, 4.69) is 26.5 Å². The van der Waals surface area contributed by atoms with Gasteiger partial charge in [-0.3, -0.25) is 9.89 Å². The van der Waals surface area contributed by atoms with Crippen molar-refractivity contribution in [1.82, 2.24) is 15.5 Å². The second-order valence-corrected chi connectivity index (χ2v) is 6.92. The van der Waals surface area contributed by atoms with E-state index in [9.17, 15) is 4.79 Å². The number of carbonyl (C=O) groups is 1. The van der Waals surface area contributed by atoms with Crippen molar-refractivity contribution in [2.24, 2.45) is 0 Å². The van der Waals surface area contributed by atoms with Crippen molar-refractivity contribution >= 4 is 11.7 Å². The molecule has 1 aliphatic heterocycles. The highest BCUT2D eigenvalue weighted by molar-refractivity contribution is 5.94. The maximum absolute atomic E-state index is 12.4. The lowest BCUT2D eigenvalue weighted by atomic mass is 10.0. The number of rotatable bonds is 5. The number of amides is 1. The molecule has 0 bridgehead atoms. The second kappa shape index (κ2) is 6.78. The van der Waals surface area contributed by atoms with E-state index in [1.165, 1.54) is 18.5 Å². The van der Waals surface area contributed by atoms with Gasteiger partial charge in [-0.1, -0.05) is 6.07 Å². The molecule has 6 nitrogen and oxygen atoms in total. The molecule has 1 aromatic carbocycles. The molecule has 2 fully saturated rings. The highest BCUT2D eigenvalue weighted by Gasteiger charge is 2.27. The molecular formula is C19H24N4O2. The number of aromatic nitrogens is 2. The lowest BCUT2D eigenvalue weighted by Crippen LogP contribution is -2.44. The SMILES string of the molecule is COc1cccc(C(=O)NC2CCN(c3cc(C4CC4)[nH]n3)CC2)c1. The third kappa shape index (κ3) is 3.62. The van der Waals surface area contributed by atoms with Crippen LogP contribution in [-0.4, -0.2) is 42.3 Å². The Bertz CT molecular complexity index is 745. The minimum Gasteiger partial charge on any atom is -0.497 e. The van der Waals surface area contributed by atoms with Crippen LogP contribution in [0.1, 0.15) is 47.7 Å². The molecule has 1 amide bonds. The summed E-state index contributed by atoms with van der Waals surface area (Å²) in [6.07, 6.45) is 4.42. The zero-order chi connectivity index (χ0) is 17.2. The number of aromatic amines is 1. The van der Waals surface area contributed by atoms with Crippen LogP contribution in [0.15, 0.2) is 30.3 Å². The normalized spacial score (nSPS) is 18.2. The van der Waals surface area contributed by atoms with Crippen molar-refractivity contribution in [1.29, 1.82) is 0 Å². The van der Waals surface area contributed by atoms with E-state index in [4.69, 9.17) is 4.74 Å². The molecule has 2 heterocycles. The minimum absolute atomic E-state index is 0.0341. The molecular weight excluding hydrogens is 316 g/mol. The van der Waals surface area contributed by atoms with Crippen LogP contribution in [0.25, 0.3) is 0 Å². The lowest BCUT2D eigenvalue weighted by Gasteiger charge is -2.32. The smallest absolute Gasteiger partial charge is 0.251 e. The summed E-state index contributed by atoms with van der Waals surface area (Å²) >= 11 is 0. The van der Waals surface area contributed by atoms with Gasteiger partial charge in [-0.15, -0.1) is 0 Å². The van der Waals surface area contributed by atoms with E-state index < -0.39 is 0 Å². The molecule has 0 atom stereocenters. The zero-order valence-electron chi connectivity index (χ0n) is 14.5. The summed E-state index contributed by atoms with van der Waals surface area (Å²) in [5.41, 5.74) is 1.91. The molecule has 2 aromatic rings. The number of H-pyrrole nitrogens is 1. The molecule has 0 unspecified atom stereocenters. The predicted molar refractivity (Wildman–Crippen MR) is 96.3 cm³/mol. The van der Waals surface area contributed by atoms with E-state index in [0.29, 0.717) is 17.2 Å². The molecule has 0 radical (unpaired) electrons. The number of carbonyl (C=O) groups excluding carboxylic acids is 1. The maximum atomic E-state index is 12.4. The van der Waals surface area contributed by atoms with Gasteiger partial charge >= 0.3 is 0 Å². The van der Waals surface area contributed by atoms with E-state index in [1.54, 1.807) is 13.2 Å². The first kappa shape index (κ1) is 16.0. The molecule has 2 N–H and O–H groups in total. The van der Waals surface area contributed by atoms with Gasteiger partial charge in [-0.2, -0.15) is 5.10 Å². The van der Waals surface area contributed by atoms with Crippen LogP contribution in [0, 0.1) is 0 Å². The van der Waals surface area contributed by atoms with E-state index in [-0.39, 0.29) is 11.9 Å². The number of hydrogen-bond donors (Lipinski definition) is 2. The van der Waals surface area contributed by atoms with Crippen LogP contribution in [0.4, 0.5) is 5.82 Å². The van der Waals surface area contributed by atoms with Crippen LogP contribution in [0.2, 0.25) is 0 Å². The first-order chi connectivity index (χ1) is 12.2. The summed E-state index contributed by atoms with van der Waals surface area (Å²) in [7, 11) is 1.61. The Morgan fingerprint density at radius 2 is 2.04 bits per heavy atom. The van der Waals surface area contributed by atoms with Crippen molar-refractivity contribution in [3.8, 4) is 5.75 Å². The Labute approximate surface area is 147 Å². The number of methoxy groups -OCH3 is 1. The van der Waals surface area contributed by atoms with Gasteiger partial charge < -0.3 is 15.0 Å². The Hall–Kier alpha value is -2.50. The van der Waals surface area contributed by atoms with Gasteiger partial charge in [-0.05, 0) is 43.9 Å². The van der Waals surface area contributed by atoms with Crippen LogP contribution >= 0.6 is 0 Å². The molecule has 1 aliphatic carbocycles. The van der Waals surface area contributed by atoms with Gasteiger partial charge in [0, 0.05) is 42.4 Å². The fourth-order valence-corrected chi connectivity index (χ4v) is 3.38. The van der Waals surface area contributed by atoms with Crippen molar-refractivity contribution in [3.63, 3.8) is 0 Å². The number of nitrogens with zero attached hydrogens (tertiary/aromatic N) is 2. The lowest BCUT2D eigenvalue weighted by molar-refractivity contribution is 0.0930. The van der Waals surface area contributed by atoms with Gasteiger partial charge in [0.15, 0.2) is 5.82 Å². The van der Waals surface area contributed by atoms with Crippen molar-refractivity contribution in [2.45, 2.75) is 37.6 Å².